The number of aliphatic hydroxyl groups is 2. The van der Waals surface area contributed by atoms with Crippen molar-refractivity contribution >= 4 is 5.91 Å². The van der Waals surface area contributed by atoms with E-state index in [1.807, 2.05) is 0 Å². The lowest BCUT2D eigenvalue weighted by atomic mass is 10.2. The van der Waals surface area contributed by atoms with Gasteiger partial charge in [0.2, 0.25) is 5.91 Å². The molecule has 1 rings (SSSR count). The molecule has 3 atom stereocenters. The maximum absolute atomic E-state index is 11.2. The summed E-state index contributed by atoms with van der Waals surface area (Å²) in [6.45, 7) is 3.77. The highest BCUT2D eigenvalue weighted by atomic mass is 16.3. The Balaban J connectivity index is 2.58. The topological polar surface area (TPSA) is 60.8 Å². The van der Waals surface area contributed by atoms with Crippen LogP contribution in [-0.2, 0) is 4.79 Å². The van der Waals surface area contributed by atoms with Gasteiger partial charge in [-0.25, -0.2) is 0 Å². The smallest absolute Gasteiger partial charge is 0.225 e. The summed E-state index contributed by atoms with van der Waals surface area (Å²) in [4.78, 5) is 12.7. The molecule has 3 unspecified atom stereocenters. The van der Waals surface area contributed by atoms with Gasteiger partial charge in [-0.1, -0.05) is 0 Å². The van der Waals surface area contributed by atoms with Crippen LogP contribution in [0.2, 0.25) is 0 Å². The van der Waals surface area contributed by atoms with Crippen LogP contribution in [0.3, 0.4) is 0 Å². The van der Waals surface area contributed by atoms with Gasteiger partial charge in [-0.2, -0.15) is 0 Å². The first kappa shape index (κ1) is 9.48. The van der Waals surface area contributed by atoms with Crippen molar-refractivity contribution in [3.05, 3.63) is 0 Å². The third-order valence-electron chi connectivity index (χ3n) is 2.33. The van der Waals surface area contributed by atoms with E-state index < -0.39 is 12.2 Å². The van der Waals surface area contributed by atoms with E-state index in [2.05, 4.69) is 0 Å². The zero-order chi connectivity index (χ0) is 9.30. The standard InChI is InChI=1S/C8H15NO3/c1-5(6(2)10)9-4-7(11)3-8(9)12/h5-7,10-11H,3-4H2,1-2H3. The van der Waals surface area contributed by atoms with E-state index in [0.29, 0.717) is 6.54 Å². The van der Waals surface area contributed by atoms with Crippen LogP contribution in [0.1, 0.15) is 20.3 Å². The van der Waals surface area contributed by atoms with Crippen molar-refractivity contribution < 1.29 is 15.0 Å². The molecule has 0 radical (unpaired) electrons. The molecular formula is C8H15NO3. The highest BCUT2D eigenvalue weighted by Gasteiger charge is 2.32. The third-order valence-corrected chi connectivity index (χ3v) is 2.33. The number of rotatable bonds is 2. The highest BCUT2D eigenvalue weighted by Crippen LogP contribution is 2.15. The van der Waals surface area contributed by atoms with Crippen LogP contribution in [0.25, 0.3) is 0 Å². The zero-order valence-corrected chi connectivity index (χ0v) is 7.40. The van der Waals surface area contributed by atoms with Crippen LogP contribution in [0.15, 0.2) is 0 Å². The average molecular weight is 173 g/mol. The Bertz CT molecular complexity index is 181. The van der Waals surface area contributed by atoms with Crippen LogP contribution in [0.4, 0.5) is 0 Å². The number of nitrogens with zero attached hydrogens (tertiary/aromatic N) is 1. The molecule has 1 heterocycles. The minimum Gasteiger partial charge on any atom is -0.391 e. The van der Waals surface area contributed by atoms with Crippen LogP contribution in [-0.4, -0.2) is 45.8 Å². The second-order valence-corrected chi connectivity index (χ2v) is 3.39. The maximum Gasteiger partial charge on any atom is 0.225 e. The SMILES string of the molecule is CC(O)C(C)N1CC(O)CC1=O. The minimum absolute atomic E-state index is 0.0732. The summed E-state index contributed by atoms with van der Waals surface area (Å²) in [6.07, 6.45) is -0.908. The van der Waals surface area contributed by atoms with Crippen LogP contribution >= 0.6 is 0 Å². The molecule has 0 bridgehead atoms. The van der Waals surface area contributed by atoms with Gasteiger partial charge in [-0.3, -0.25) is 4.79 Å². The summed E-state index contributed by atoms with van der Waals surface area (Å²) < 4.78 is 0. The molecule has 0 aromatic rings. The van der Waals surface area contributed by atoms with Crippen molar-refractivity contribution in [3.63, 3.8) is 0 Å². The minimum atomic E-state index is -0.557. The van der Waals surface area contributed by atoms with Gasteiger partial charge < -0.3 is 15.1 Å². The third kappa shape index (κ3) is 1.76. The normalized spacial score (nSPS) is 29.2. The Morgan fingerprint density at radius 2 is 2.17 bits per heavy atom. The summed E-state index contributed by atoms with van der Waals surface area (Å²) >= 11 is 0. The van der Waals surface area contributed by atoms with Crippen LogP contribution < -0.4 is 0 Å². The number of carbonyl (C=O) groups is 1. The molecule has 0 spiro atoms. The fourth-order valence-electron chi connectivity index (χ4n) is 1.37. The fraction of sp³-hybridized carbons (Fsp3) is 0.875. The molecule has 2 N–H and O–H groups in total. The Labute approximate surface area is 71.8 Å². The predicted molar refractivity (Wildman–Crippen MR) is 43.5 cm³/mol. The van der Waals surface area contributed by atoms with E-state index in [4.69, 9.17) is 5.11 Å². The van der Waals surface area contributed by atoms with Crippen molar-refractivity contribution in [1.29, 1.82) is 0 Å². The van der Waals surface area contributed by atoms with Gasteiger partial charge in [0.1, 0.15) is 0 Å². The molecule has 1 fully saturated rings. The molecule has 4 heteroatoms. The Hall–Kier alpha value is -0.610. The Morgan fingerprint density at radius 1 is 1.58 bits per heavy atom. The second kappa shape index (κ2) is 3.41. The number of aliphatic hydroxyl groups excluding tert-OH is 2. The quantitative estimate of drug-likeness (QED) is 0.583. The lowest BCUT2D eigenvalue weighted by molar-refractivity contribution is -0.131. The van der Waals surface area contributed by atoms with E-state index in [1.54, 1.807) is 13.8 Å². The Morgan fingerprint density at radius 3 is 2.50 bits per heavy atom. The van der Waals surface area contributed by atoms with E-state index in [0.717, 1.165) is 0 Å². The fourth-order valence-corrected chi connectivity index (χ4v) is 1.37. The maximum atomic E-state index is 11.2. The molecule has 0 aromatic carbocycles. The van der Waals surface area contributed by atoms with Gasteiger partial charge in [0.15, 0.2) is 0 Å². The summed E-state index contributed by atoms with van der Waals surface area (Å²) in [5.74, 6) is -0.0732. The molecule has 0 saturated carbocycles. The molecule has 4 nitrogen and oxygen atoms in total. The molecule has 0 aromatic heterocycles. The van der Waals surface area contributed by atoms with Crippen molar-refractivity contribution in [2.45, 2.75) is 38.5 Å². The summed E-state index contributed by atoms with van der Waals surface area (Å²) in [7, 11) is 0. The van der Waals surface area contributed by atoms with Crippen LogP contribution in [0.5, 0.6) is 0 Å². The average Bonchev–Trinajstić information content (AvgIpc) is 2.28. The van der Waals surface area contributed by atoms with Gasteiger partial charge in [0.25, 0.3) is 0 Å². The van der Waals surface area contributed by atoms with Gasteiger partial charge in [-0.15, -0.1) is 0 Å². The van der Waals surface area contributed by atoms with Gasteiger partial charge in [0.05, 0.1) is 24.7 Å². The lowest BCUT2D eigenvalue weighted by Gasteiger charge is -2.26. The van der Waals surface area contributed by atoms with Crippen molar-refractivity contribution in [2.75, 3.05) is 6.54 Å². The lowest BCUT2D eigenvalue weighted by Crippen LogP contribution is -2.41. The summed E-state index contributed by atoms with van der Waals surface area (Å²) in [6, 6.07) is -0.199. The second-order valence-electron chi connectivity index (χ2n) is 3.39. The molecule has 1 aliphatic rings. The van der Waals surface area contributed by atoms with E-state index in [-0.39, 0.29) is 18.4 Å². The molecule has 70 valence electrons. The zero-order valence-electron chi connectivity index (χ0n) is 7.40. The molecule has 1 aliphatic heterocycles. The summed E-state index contributed by atoms with van der Waals surface area (Å²) in [5, 5.41) is 18.4. The van der Waals surface area contributed by atoms with E-state index >= 15 is 0 Å². The van der Waals surface area contributed by atoms with Crippen LogP contribution in [0, 0.1) is 0 Å². The first-order chi connectivity index (χ1) is 5.52. The van der Waals surface area contributed by atoms with Gasteiger partial charge >= 0.3 is 0 Å². The number of β-amino-alcohol motifs (C(OH)–C–C–N with tert-alkyl or cyclic N) is 1. The number of hydrogen-bond acceptors (Lipinski definition) is 3. The van der Waals surface area contributed by atoms with Crippen molar-refractivity contribution in [1.82, 2.24) is 4.90 Å². The Kier molecular flexibility index (Phi) is 2.69. The summed E-state index contributed by atoms with van der Waals surface area (Å²) in [5.41, 5.74) is 0. The van der Waals surface area contributed by atoms with E-state index in [1.165, 1.54) is 4.90 Å². The monoisotopic (exact) mass is 173 g/mol. The number of hydrogen-bond donors (Lipinski definition) is 2. The van der Waals surface area contributed by atoms with E-state index in [9.17, 15) is 9.90 Å². The van der Waals surface area contributed by atoms with Gasteiger partial charge in [-0.05, 0) is 13.8 Å². The number of amides is 1. The first-order valence-corrected chi connectivity index (χ1v) is 4.18. The molecule has 12 heavy (non-hydrogen) atoms. The predicted octanol–water partition coefficient (Wildman–Crippen LogP) is -0.651. The number of carbonyl (C=O) groups excluding carboxylic acids is 1. The highest BCUT2D eigenvalue weighted by molar-refractivity contribution is 5.79. The van der Waals surface area contributed by atoms with Crippen molar-refractivity contribution in [2.24, 2.45) is 0 Å². The molecule has 1 saturated heterocycles. The molecule has 1 amide bonds. The molecule has 0 aliphatic carbocycles. The molecular weight excluding hydrogens is 158 g/mol. The first-order valence-electron chi connectivity index (χ1n) is 4.18. The van der Waals surface area contributed by atoms with Gasteiger partial charge in [0, 0.05) is 6.54 Å². The number of likely N-dealkylation sites (tertiary alicyclic amines) is 1. The largest absolute Gasteiger partial charge is 0.391 e. The van der Waals surface area contributed by atoms with Crippen molar-refractivity contribution in [3.8, 4) is 0 Å².